The van der Waals surface area contributed by atoms with Crippen LogP contribution in [-0.2, 0) is 11.2 Å². The maximum absolute atomic E-state index is 10.5. The van der Waals surface area contributed by atoms with Crippen molar-refractivity contribution in [2.45, 2.75) is 13.3 Å². The average Bonchev–Trinajstić information content (AvgIpc) is 2.04. The van der Waals surface area contributed by atoms with Crippen LogP contribution in [0.5, 0.6) is 0 Å². The van der Waals surface area contributed by atoms with Crippen LogP contribution in [0.2, 0.25) is 0 Å². The van der Waals surface area contributed by atoms with Gasteiger partial charge in [0.2, 0.25) is 0 Å². The highest BCUT2D eigenvalue weighted by molar-refractivity contribution is 5.69. The zero-order chi connectivity index (χ0) is 9.84. The molecule has 0 aliphatic heterocycles. The smallest absolute Gasteiger partial charge is 0.306 e. The van der Waals surface area contributed by atoms with E-state index in [9.17, 15) is 4.79 Å². The summed E-state index contributed by atoms with van der Waals surface area (Å²) in [7, 11) is 0. The third-order valence-corrected chi connectivity index (χ3v) is 1.68. The molecule has 0 saturated carbocycles. The highest BCUT2D eigenvalue weighted by Crippen LogP contribution is 2.07. The number of nitrogens with two attached hydrogens (primary N) is 1. The largest absolute Gasteiger partial charge is 0.481 e. The molecular weight excluding hydrogens is 170 g/mol. The molecule has 1 aromatic heterocycles. The Balaban J connectivity index is 2.69. The van der Waals surface area contributed by atoms with Gasteiger partial charge in [-0.15, -0.1) is 0 Å². The Morgan fingerprint density at radius 2 is 2.38 bits per heavy atom. The maximum atomic E-state index is 10.5. The van der Waals surface area contributed by atoms with Crippen molar-refractivity contribution in [3.05, 3.63) is 18.1 Å². The zero-order valence-corrected chi connectivity index (χ0v) is 7.27. The molecule has 0 aliphatic carbocycles. The Morgan fingerprint density at radius 3 is 2.92 bits per heavy atom. The number of anilines is 1. The second kappa shape index (κ2) is 3.84. The van der Waals surface area contributed by atoms with Crippen LogP contribution in [-0.4, -0.2) is 21.0 Å². The van der Waals surface area contributed by atoms with Gasteiger partial charge in [-0.25, -0.2) is 9.97 Å². The first-order valence-corrected chi connectivity index (χ1v) is 3.89. The van der Waals surface area contributed by atoms with Crippen LogP contribution < -0.4 is 5.73 Å². The van der Waals surface area contributed by atoms with Crippen LogP contribution in [0.25, 0.3) is 0 Å². The van der Waals surface area contributed by atoms with E-state index in [1.54, 1.807) is 13.0 Å². The quantitative estimate of drug-likeness (QED) is 0.701. The summed E-state index contributed by atoms with van der Waals surface area (Å²) in [6.07, 6.45) is 1.71. The number of hydrogen-bond donors (Lipinski definition) is 2. The molecule has 3 N–H and O–H groups in total. The number of carboxylic acid groups (broad SMARTS) is 1. The lowest BCUT2D eigenvalue weighted by atomic mass is 10.1. The fraction of sp³-hybridized carbons (Fsp3) is 0.375. The van der Waals surface area contributed by atoms with Crippen molar-refractivity contribution in [3.63, 3.8) is 0 Å². The highest BCUT2D eigenvalue weighted by Gasteiger charge is 2.12. The maximum Gasteiger partial charge on any atom is 0.306 e. The number of carbonyl (C=O) groups is 1. The van der Waals surface area contributed by atoms with Crippen molar-refractivity contribution in [1.29, 1.82) is 0 Å². The Morgan fingerprint density at radius 1 is 1.69 bits per heavy atom. The summed E-state index contributed by atoms with van der Waals surface area (Å²) < 4.78 is 0. The molecule has 0 bridgehead atoms. The monoisotopic (exact) mass is 181 g/mol. The third kappa shape index (κ3) is 2.70. The third-order valence-electron chi connectivity index (χ3n) is 1.68. The van der Waals surface area contributed by atoms with Gasteiger partial charge in [0, 0.05) is 18.2 Å². The van der Waals surface area contributed by atoms with Gasteiger partial charge in [-0.1, -0.05) is 6.92 Å². The van der Waals surface area contributed by atoms with Gasteiger partial charge in [0.1, 0.15) is 12.1 Å². The van der Waals surface area contributed by atoms with Gasteiger partial charge < -0.3 is 10.8 Å². The minimum absolute atomic E-state index is 0.364. The van der Waals surface area contributed by atoms with E-state index >= 15 is 0 Å². The minimum Gasteiger partial charge on any atom is -0.481 e. The van der Waals surface area contributed by atoms with Gasteiger partial charge in [0.05, 0.1) is 5.92 Å². The highest BCUT2D eigenvalue weighted by atomic mass is 16.4. The van der Waals surface area contributed by atoms with Gasteiger partial charge in [0.25, 0.3) is 0 Å². The Hall–Kier alpha value is -1.65. The molecule has 5 heteroatoms. The molecule has 1 heterocycles. The summed E-state index contributed by atoms with van der Waals surface area (Å²) in [5.41, 5.74) is 6.07. The lowest BCUT2D eigenvalue weighted by molar-refractivity contribution is -0.141. The summed E-state index contributed by atoms with van der Waals surface area (Å²) in [6.45, 7) is 1.63. The first-order chi connectivity index (χ1) is 6.09. The van der Waals surface area contributed by atoms with Crippen LogP contribution in [0.15, 0.2) is 12.4 Å². The number of rotatable bonds is 3. The van der Waals surface area contributed by atoms with Crippen molar-refractivity contribution >= 4 is 11.8 Å². The van der Waals surface area contributed by atoms with Crippen molar-refractivity contribution in [1.82, 2.24) is 9.97 Å². The zero-order valence-electron chi connectivity index (χ0n) is 7.27. The summed E-state index contributed by atoms with van der Waals surface area (Å²) in [4.78, 5) is 18.1. The molecule has 0 saturated heterocycles. The molecule has 70 valence electrons. The first-order valence-electron chi connectivity index (χ1n) is 3.89. The molecule has 0 amide bonds. The van der Waals surface area contributed by atoms with Gasteiger partial charge in [-0.2, -0.15) is 0 Å². The van der Waals surface area contributed by atoms with E-state index in [1.165, 1.54) is 6.33 Å². The molecule has 0 aliphatic rings. The SMILES string of the molecule is CC(Cc1cc(N)ncn1)C(=O)O. The molecule has 0 fully saturated rings. The molecule has 0 aromatic carbocycles. The second-order valence-electron chi connectivity index (χ2n) is 2.88. The summed E-state index contributed by atoms with van der Waals surface area (Å²) in [5.74, 6) is -0.922. The predicted molar refractivity (Wildman–Crippen MR) is 46.9 cm³/mol. The number of carboxylic acids is 1. The Labute approximate surface area is 75.6 Å². The van der Waals surface area contributed by atoms with Crippen LogP contribution in [0.4, 0.5) is 5.82 Å². The van der Waals surface area contributed by atoms with Crippen LogP contribution >= 0.6 is 0 Å². The van der Waals surface area contributed by atoms with Crippen LogP contribution in [0.3, 0.4) is 0 Å². The fourth-order valence-electron chi connectivity index (χ4n) is 0.928. The molecular formula is C8H11N3O2. The van der Waals surface area contributed by atoms with E-state index in [4.69, 9.17) is 10.8 Å². The topological polar surface area (TPSA) is 89.1 Å². The standard InChI is InChI=1S/C8H11N3O2/c1-5(8(12)13)2-6-3-7(9)11-4-10-6/h3-5H,2H2,1H3,(H,12,13)(H2,9,10,11). The van der Waals surface area contributed by atoms with E-state index in [-0.39, 0.29) is 0 Å². The van der Waals surface area contributed by atoms with Crippen LogP contribution in [0.1, 0.15) is 12.6 Å². The minimum atomic E-state index is -0.836. The lowest BCUT2D eigenvalue weighted by Gasteiger charge is -2.04. The summed E-state index contributed by atoms with van der Waals surface area (Å²) in [6, 6.07) is 1.58. The summed E-state index contributed by atoms with van der Waals surface area (Å²) >= 11 is 0. The number of nitrogen functional groups attached to an aromatic ring is 1. The van der Waals surface area contributed by atoms with Gasteiger partial charge in [-0.05, 0) is 0 Å². The molecule has 1 rings (SSSR count). The van der Waals surface area contributed by atoms with Crippen molar-refractivity contribution in [2.75, 3.05) is 5.73 Å². The average molecular weight is 181 g/mol. The van der Waals surface area contributed by atoms with Gasteiger partial charge in [-0.3, -0.25) is 4.79 Å². The number of nitrogens with zero attached hydrogens (tertiary/aromatic N) is 2. The molecule has 13 heavy (non-hydrogen) atoms. The first kappa shape index (κ1) is 9.44. The van der Waals surface area contributed by atoms with E-state index in [0.717, 1.165) is 0 Å². The Bertz CT molecular complexity index is 314. The molecule has 1 unspecified atom stereocenters. The van der Waals surface area contributed by atoms with Crippen molar-refractivity contribution in [2.24, 2.45) is 5.92 Å². The molecule has 1 atom stereocenters. The van der Waals surface area contributed by atoms with E-state index in [0.29, 0.717) is 17.9 Å². The summed E-state index contributed by atoms with van der Waals surface area (Å²) in [5, 5.41) is 8.64. The van der Waals surface area contributed by atoms with Gasteiger partial charge in [0.15, 0.2) is 0 Å². The van der Waals surface area contributed by atoms with Gasteiger partial charge >= 0.3 is 5.97 Å². The fourth-order valence-corrected chi connectivity index (χ4v) is 0.928. The molecule has 0 spiro atoms. The van der Waals surface area contributed by atoms with Crippen LogP contribution in [0, 0.1) is 5.92 Å². The lowest BCUT2D eigenvalue weighted by Crippen LogP contribution is -2.13. The number of aliphatic carboxylic acids is 1. The molecule has 0 radical (unpaired) electrons. The second-order valence-corrected chi connectivity index (χ2v) is 2.88. The molecule has 5 nitrogen and oxygen atoms in total. The van der Waals surface area contributed by atoms with E-state index in [2.05, 4.69) is 9.97 Å². The van der Waals surface area contributed by atoms with Crippen molar-refractivity contribution in [3.8, 4) is 0 Å². The Kier molecular flexibility index (Phi) is 2.79. The van der Waals surface area contributed by atoms with E-state index < -0.39 is 11.9 Å². The number of aromatic nitrogens is 2. The normalized spacial score (nSPS) is 12.4. The predicted octanol–water partition coefficient (Wildman–Crippen LogP) is 0.322. The molecule has 1 aromatic rings. The van der Waals surface area contributed by atoms with E-state index in [1.807, 2.05) is 0 Å². The van der Waals surface area contributed by atoms with Crippen molar-refractivity contribution < 1.29 is 9.90 Å². The number of hydrogen-bond acceptors (Lipinski definition) is 4.